The van der Waals surface area contributed by atoms with Crippen LogP contribution in [-0.2, 0) is 0 Å². The predicted molar refractivity (Wildman–Crippen MR) is 69.1 cm³/mol. The summed E-state index contributed by atoms with van der Waals surface area (Å²) in [5.74, 6) is 0.458. The van der Waals surface area contributed by atoms with Crippen molar-refractivity contribution in [2.45, 2.75) is 19.3 Å². The molecular weight excluding hydrogens is 245 g/mol. The third-order valence-corrected chi connectivity index (χ3v) is 3.53. The second-order valence-corrected chi connectivity index (χ2v) is 4.91. The van der Waals surface area contributed by atoms with E-state index in [0.717, 1.165) is 12.0 Å². The van der Waals surface area contributed by atoms with E-state index in [4.69, 9.17) is 34.0 Å². The van der Waals surface area contributed by atoms with Crippen LogP contribution in [0.3, 0.4) is 0 Å². The summed E-state index contributed by atoms with van der Waals surface area (Å²) >= 11 is 11.8. The summed E-state index contributed by atoms with van der Waals surface area (Å²) in [6.07, 6.45) is 0.852. The Labute approximate surface area is 106 Å². The fraction of sp³-hybridized carbons (Fsp3) is 0.500. The highest BCUT2D eigenvalue weighted by molar-refractivity contribution is 6.42. The quantitative estimate of drug-likeness (QED) is 0.856. The lowest BCUT2D eigenvalue weighted by atomic mass is 9.90. The number of rotatable bonds is 5. The van der Waals surface area contributed by atoms with Crippen molar-refractivity contribution in [1.82, 2.24) is 0 Å². The highest BCUT2D eigenvalue weighted by Crippen LogP contribution is 2.29. The van der Waals surface area contributed by atoms with Gasteiger partial charge in [-0.25, -0.2) is 0 Å². The number of aliphatic hydroxyl groups is 1. The van der Waals surface area contributed by atoms with Crippen molar-refractivity contribution in [3.8, 4) is 0 Å². The van der Waals surface area contributed by atoms with Crippen LogP contribution in [-0.4, -0.2) is 18.3 Å². The van der Waals surface area contributed by atoms with Gasteiger partial charge in [0.05, 0.1) is 10.0 Å². The normalized spacial score (nSPS) is 14.8. The Kier molecular flexibility index (Phi) is 5.56. The molecule has 1 rings (SSSR count). The van der Waals surface area contributed by atoms with Crippen molar-refractivity contribution in [1.29, 1.82) is 0 Å². The van der Waals surface area contributed by atoms with Gasteiger partial charge in [0, 0.05) is 6.61 Å². The largest absolute Gasteiger partial charge is 0.396 e. The van der Waals surface area contributed by atoms with Crippen LogP contribution in [0.1, 0.15) is 24.8 Å². The van der Waals surface area contributed by atoms with Gasteiger partial charge in [-0.3, -0.25) is 0 Å². The molecule has 16 heavy (non-hydrogen) atoms. The molecule has 0 aliphatic heterocycles. The van der Waals surface area contributed by atoms with Gasteiger partial charge in [-0.1, -0.05) is 36.2 Å². The van der Waals surface area contributed by atoms with Crippen LogP contribution in [0.5, 0.6) is 0 Å². The molecule has 0 aromatic heterocycles. The smallest absolute Gasteiger partial charge is 0.0595 e. The first kappa shape index (κ1) is 13.8. The van der Waals surface area contributed by atoms with Gasteiger partial charge in [0.15, 0.2) is 0 Å². The molecule has 0 aliphatic rings. The summed E-state index contributed by atoms with van der Waals surface area (Å²) in [4.78, 5) is 0. The van der Waals surface area contributed by atoms with Gasteiger partial charge in [-0.05, 0) is 42.5 Å². The zero-order valence-corrected chi connectivity index (χ0v) is 10.8. The van der Waals surface area contributed by atoms with Gasteiger partial charge in [0.2, 0.25) is 0 Å². The maximum atomic E-state index is 9.09. The van der Waals surface area contributed by atoms with Crippen LogP contribution in [0.2, 0.25) is 10.0 Å². The SMILES string of the molecule is CC(CC(CN)CO)c1ccc(Cl)c(Cl)c1. The van der Waals surface area contributed by atoms with Crippen molar-refractivity contribution < 1.29 is 5.11 Å². The third kappa shape index (κ3) is 3.63. The number of aliphatic hydroxyl groups excluding tert-OH is 1. The molecule has 0 saturated heterocycles. The first-order valence-corrected chi connectivity index (χ1v) is 6.10. The topological polar surface area (TPSA) is 46.2 Å². The van der Waals surface area contributed by atoms with Gasteiger partial charge >= 0.3 is 0 Å². The highest BCUT2D eigenvalue weighted by Gasteiger charge is 2.13. The summed E-state index contributed by atoms with van der Waals surface area (Å²) in [6.45, 7) is 2.72. The van der Waals surface area contributed by atoms with Crippen LogP contribution in [0.4, 0.5) is 0 Å². The molecule has 0 bridgehead atoms. The van der Waals surface area contributed by atoms with Crippen molar-refractivity contribution in [3.63, 3.8) is 0 Å². The van der Waals surface area contributed by atoms with Crippen LogP contribution in [0.25, 0.3) is 0 Å². The van der Waals surface area contributed by atoms with E-state index in [1.807, 2.05) is 12.1 Å². The third-order valence-electron chi connectivity index (χ3n) is 2.79. The molecule has 0 fully saturated rings. The minimum atomic E-state index is 0.127. The van der Waals surface area contributed by atoms with E-state index in [1.54, 1.807) is 6.07 Å². The zero-order chi connectivity index (χ0) is 12.1. The lowest BCUT2D eigenvalue weighted by Crippen LogP contribution is -2.20. The average Bonchev–Trinajstić information content (AvgIpc) is 2.29. The van der Waals surface area contributed by atoms with Crippen molar-refractivity contribution in [2.75, 3.05) is 13.2 Å². The number of benzene rings is 1. The minimum absolute atomic E-state index is 0.127. The molecule has 2 nitrogen and oxygen atoms in total. The van der Waals surface area contributed by atoms with Crippen LogP contribution < -0.4 is 5.73 Å². The highest BCUT2D eigenvalue weighted by atomic mass is 35.5. The Balaban J connectivity index is 2.72. The van der Waals surface area contributed by atoms with E-state index < -0.39 is 0 Å². The molecule has 0 spiro atoms. The van der Waals surface area contributed by atoms with Crippen molar-refractivity contribution in [2.24, 2.45) is 11.7 Å². The Bertz CT molecular complexity index is 340. The Morgan fingerprint density at radius 1 is 1.31 bits per heavy atom. The van der Waals surface area contributed by atoms with E-state index >= 15 is 0 Å². The number of halogens is 2. The van der Waals surface area contributed by atoms with Gasteiger partial charge in [-0.15, -0.1) is 0 Å². The second-order valence-electron chi connectivity index (χ2n) is 4.09. The fourth-order valence-electron chi connectivity index (χ4n) is 1.70. The lowest BCUT2D eigenvalue weighted by Gasteiger charge is -2.18. The van der Waals surface area contributed by atoms with Crippen LogP contribution >= 0.6 is 23.2 Å². The van der Waals surface area contributed by atoms with E-state index in [1.165, 1.54) is 0 Å². The molecule has 90 valence electrons. The average molecular weight is 262 g/mol. The first-order valence-electron chi connectivity index (χ1n) is 5.34. The molecule has 1 aromatic rings. The molecule has 0 radical (unpaired) electrons. The lowest BCUT2D eigenvalue weighted by molar-refractivity contribution is 0.217. The summed E-state index contributed by atoms with van der Waals surface area (Å²) in [6, 6.07) is 5.63. The molecule has 0 aliphatic carbocycles. The molecular formula is C12H17Cl2NO. The van der Waals surface area contributed by atoms with Gasteiger partial charge in [0.1, 0.15) is 0 Å². The van der Waals surface area contributed by atoms with Crippen molar-refractivity contribution >= 4 is 23.2 Å². The zero-order valence-electron chi connectivity index (χ0n) is 9.29. The number of hydrogen-bond acceptors (Lipinski definition) is 2. The Morgan fingerprint density at radius 3 is 2.50 bits per heavy atom. The molecule has 2 atom stereocenters. The van der Waals surface area contributed by atoms with Gasteiger partial charge < -0.3 is 10.8 Å². The minimum Gasteiger partial charge on any atom is -0.396 e. The van der Waals surface area contributed by atoms with Crippen molar-refractivity contribution in [3.05, 3.63) is 33.8 Å². The molecule has 2 unspecified atom stereocenters. The standard InChI is InChI=1S/C12H17Cl2NO/c1-8(4-9(6-15)7-16)10-2-3-11(13)12(14)5-10/h2-3,5,8-9,16H,4,6-7,15H2,1H3. The number of hydrogen-bond donors (Lipinski definition) is 2. The monoisotopic (exact) mass is 261 g/mol. The summed E-state index contributed by atoms with van der Waals surface area (Å²) < 4.78 is 0. The fourth-order valence-corrected chi connectivity index (χ4v) is 2.01. The summed E-state index contributed by atoms with van der Waals surface area (Å²) in [5, 5.41) is 10.2. The maximum Gasteiger partial charge on any atom is 0.0595 e. The van der Waals surface area contributed by atoms with E-state index in [-0.39, 0.29) is 12.5 Å². The van der Waals surface area contributed by atoms with E-state index in [2.05, 4.69) is 6.92 Å². The van der Waals surface area contributed by atoms with E-state index in [0.29, 0.717) is 22.5 Å². The molecule has 0 saturated carbocycles. The molecule has 0 amide bonds. The second kappa shape index (κ2) is 6.45. The van der Waals surface area contributed by atoms with Crippen LogP contribution in [0, 0.1) is 5.92 Å². The molecule has 3 N–H and O–H groups in total. The first-order chi connectivity index (χ1) is 7.58. The Morgan fingerprint density at radius 2 is 2.00 bits per heavy atom. The number of nitrogens with two attached hydrogens (primary N) is 1. The predicted octanol–water partition coefficient (Wildman–Crippen LogP) is 3.05. The molecule has 0 heterocycles. The molecule has 4 heteroatoms. The summed E-state index contributed by atoms with van der Waals surface area (Å²) in [7, 11) is 0. The maximum absolute atomic E-state index is 9.09. The Hall–Kier alpha value is -0.280. The van der Waals surface area contributed by atoms with Gasteiger partial charge in [-0.2, -0.15) is 0 Å². The summed E-state index contributed by atoms with van der Waals surface area (Å²) in [5.41, 5.74) is 6.68. The van der Waals surface area contributed by atoms with Gasteiger partial charge in [0.25, 0.3) is 0 Å². The molecule has 1 aromatic carbocycles. The van der Waals surface area contributed by atoms with Crippen LogP contribution in [0.15, 0.2) is 18.2 Å². The van der Waals surface area contributed by atoms with E-state index in [9.17, 15) is 0 Å².